The van der Waals surface area contributed by atoms with Crippen LogP contribution in [0.15, 0.2) is 23.8 Å². The van der Waals surface area contributed by atoms with Crippen molar-refractivity contribution in [2.75, 3.05) is 13.2 Å². The zero-order valence-electron chi connectivity index (χ0n) is 18.0. The maximum atomic E-state index is 12.6. The van der Waals surface area contributed by atoms with Crippen molar-refractivity contribution in [2.24, 2.45) is 5.92 Å². The number of rotatable bonds is 4. The van der Waals surface area contributed by atoms with E-state index in [9.17, 15) is 20.1 Å². The molecule has 160 valence electrons. The molecule has 0 radical (unpaired) electrons. The van der Waals surface area contributed by atoms with Crippen LogP contribution in [0.5, 0.6) is 11.5 Å². The van der Waals surface area contributed by atoms with Gasteiger partial charge in [-0.1, -0.05) is 26.8 Å². The van der Waals surface area contributed by atoms with Gasteiger partial charge in [0, 0.05) is 23.0 Å². The lowest BCUT2D eigenvalue weighted by Crippen LogP contribution is -2.47. The van der Waals surface area contributed by atoms with Gasteiger partial charge in [-0.2, -0.15) is 0 Å². The molecule has 4 N–H and O–H groups in total. The Morgan fingerprint density at radius 1 is 1.28 bits per heavy atom. The fourth-order valence-electron chi connectivity index (χ4n) is 4.44. The standard InChI is InChI=1S/C23H33NO5/c1-22(2,3)14-9-18(27)20-16-8-13(21(28)24-15(11-25)12-26)6-7-17(16)23(4,5)29-19(20)10-14/h6,9-10,15-17,25-27H,7-8,11-12H2,1-5H3,(H,24,28)/t16?,17-/m1/s1. The molecule has 6 heteroatoms. The molecule has 29 heavy (non-hydrogen) atoms. The molecular weight excluding hydrogens is 370 g/mol. The van der Waals surface area contributed by atoms with Gasteiger partial charge in [0.05, 0.1) is 19.3 Å². The van der Waals surface area contributed by atoms with Crippen LogP contribution in [0.2, 0.25) is 0 Å². The van der Waals surface area contributed by atoms with Crippen LogP contribution < -0.4 is 10.1 Å². The van der Waals surface area contributed by atoms with Gasteiger partial charge in [-0.3, -0.25) is 4.79 Å². The molecule has 6 nitrogen and oxygen atoms in total. The molecule has 0 fully saturated rings. The predicted octanol–water partition coefficient (Wildman–Crippen LogP) is 2.75. The first-order valence-electron chi connectivity index (χ1n) is 10.3. The lowest BCUT2D eigenvalue weighted by atomic mass is 9.66. The summed E-state index contributed by atoms with van der Waals surface area (Å²) < 4.78 is 6.34. The number of allylic oxidation sites excluding steroid dienone is 1. The Kier molecular flexibility index (Phi) is 5.71. The van der Waals surface area contributed by atoms with Gasteiger partial charge in [-0.05, 0) is 49.8 Å². The Morgan fingerprint density at radius 2 is 1.93 bits per heavy atom. The van der Waals surface area contributed by atoms with Gasteiger partial charge in [0.15, 0.2) is 0 Å². The van der Waals surface area contributed by atoms with E-state index in [1.165, 1.54) is 0 Å². The first-order valence-corrected chi connectivity index (χ1v) is 10.3. The number of benzene rings is 1. The SMILES string of the molecule is CC(C)(C)c1cc(O)c2c(c1)OC(C)(C)[C@@H]1CC=C(C(=O)NC(CO)CO)CC21. The van der Waals surface area contributed by atoms with Gasteiger partial charge in [-0.25, -0.2) is 0 Å². The van der Waals surface area contributed by atoms with Gasteiger partial charge in [-0.15, -0.1) is 0 Å². The van der Waals surface area contributed by atoms with Crippen molar-refractivity contribution < 1.29 is 24.9 Å². The van der Waals surface area contributed by atoms with Crippen molar-refractivity contribution in [1.82, 2.24) is 5.32 Å². The molecule has 0 saturated heterocycles. The van der Waals surface area contributed by atoms with E-state index in [-0.39, 0.29) is 42.1 Å². The molecule has 1 unspecified atom stereocenters. The minimum absolute atomic E-state index is 0.0461. The summed E-state index contributed by atoms with van der Waals surface area (Å²) in [6.07, 6.45) is 3.05. The minimum atomic E-state index is -0.678. The Balaban J connectivity index is 1.97. The maximum Gasteiger partial charge on any atom is 0.247 e. The van der Waals surface area contributed by atoms with Gasteiger partial charge in [0.1, 0.15) is 17.1 Å². The second-order valence-electron chi connectivity index (χ2n) is 9.78. The summed E-state index contributed by atoms with van der Waals surface area (Å²) in [5.74, 6) is 0.697. The largest absolute Gasteiger partial charge is 0.508 e. The van der Waals surface area contributed by atoms with Gasteiger partial charge in [0.25, 0.3) is 0 Å². The third kappa shape index (κ3) is 4.14. The third-order valence-corrected chi connectivity index (χ3v) is 6.23. The number of fused-ring (bicyclic) bond motifs is 3. The number of aromatic hydroxyl groups is 1. The van der Waals surface area contributed by atoms with Gasteiger partial charge in [0.2, 0.25) is 5.91 Å². The number of phenols is 1. The van der Waals surface area contributed by atoms with E-state index in [4.69, 9.17) is 4.74 Å². The predicted molar refractivity (Wildman–Crippen MR) is 111 cm³/mol. The van der Waals surface area contributed by atoms with Crippen molar-refractivity contribution in [3.63, 3.8) is 0 Å². The van der Waals surface area contributed by atoms with Gasteiger partial charge < -0.3 is 25.4 Å². The molecule has 1 aromatic carbocycles. The molecular formula is C23H33NO5. The lowest BCUT2D eigenvalue weighted by molar-refractivity contribution is -0.119. The highest BCUT2D eigenvalue weighted by Crippen LogP contribution is 2.54. The van der Waals surface area contributed by atoms with E-state index in [0.29, 0.717) is 24.2 Å². The number of aliphatic hydroxyl groups is 2. The van der Waals surface area contributed by atoms with Crippen LogP contribution in [0.3, 0.4) is 0 Å². The van der Waals surface area contributed by atoms with Gasteiger partial charge >= 0.3 is 0 Å². The van der Waals surface area contributed by atoms with E-state index in [2.05, 4.69) is 39.9 Å². The van der Waals surface area contributed by atoms with Crippen molar-refractivity contribution in [3.05, 3.63) is 34.9 Å². The van der Waals surface area contributed by atoms with Crippen molar-refractivity contribution in [1.29, 1.82) is 0 Å². The van der Waals surface area contributed by atoms with Crippen LogP contribution in [-0.4, -0.2) is 46.1 Å². The lowest BCUT2D eigenvalue weighted by Gasteiger charge is -2.47. The van der Waals surface area contributed by atoms with Crippen LogP contribution in [-0.2, 0) is 10.2 Å². The van der Waals surface area contributed by atoms with Crippen LogP contribution in [0, 0.1) is 5.92 Å². The summed E-state index contributed by atoms with van der Waals surface area (Å²) in [5, 5.41) is 32.0. The summed E-state index contributed by atoms with van der Waals surface area (Å²) in [5.41, 5.74) is 1.82. The number of carbonyl (C=O) groups excluding carboxylic acids is 1. The first-order chi connectivity index (χ1) is 13.5. The number of aliphatic hydroxyl groups excluding tert-OH is 2. The van der Waals surface area contributed by atoms with E-state index >= 15 is 0 Å². The van der Waals surface area contributed by atoms with Crippen molar-refractivity contribution in [3.8, 4) is 11.5 Å². The summed E-state index contributed by atoms with van der Waals surface area (Å²) in [6, 6.07) is 3.14. The monoisotopic (exact) mass is 403 g/mol. The topological polar surface area (TPSA) is 99.0 Å². The average molecular weight is 404 g/mol. The normalized spacial score (nSPS) is 23.0. The molecule has 0 aromatic heterocycles. The second-order valence-corrected chi connectivity index (χ2v) is 9.78. The molecule has 1 aliphatic heterocycles. The zero-order valence-corrected chi connectivity index (χ0v) is 18.0. The van der Waals surface area contributed by atoms with E-state index in [0.717, 1.165) is 11.1 Å². The molecule has 1 aromatic rings. The first kappa shape index (κ1) is 21.7. The second kappa shape index (κ2) is 7.65. The number of amides is 1. The molecule has 2 atom stereocenters. The Bertz CT molecular complexity index is 817. The Hall–Kier alpha value is -2.05. The molecule has 1 amide bonds. The number of phenolic OH excluding ortho intramolecular Hbond substituents is 1. The fourth-order valence-corrected chi connectivity index (χ4v) is 4.44. The number of carbonyl (C=O) groups is 1. The fraction of sp³-hybridized carbons (Fsp3) is 0.609. The van der Waals surface area contributed by atoms with E-state index in [1.807, 2.05) is 18.2 Å². The van der Waals surface area contributed by atoms with E-state index in [1.54, 1.807) is 0 Å². The number of hydrogen-bond donors (Lipinski definition) is 4. The van der Waals surface area contributed by atoms with Crippen LogP contribution in [0.25, 0.3) is 0 Å². The highest BCUT2D eigenvalue weighted by Gasteiger charge is 2.47. The number of ether oxygens (including phenoxy) is 1. The Labute approximate surface area is 172 Å². The molecule has 3 rings (SSSR count). The number of nitrogens with one attached hydrogen (secondary N) is 1. The molecule has 1 heterocycles. The zero-order chi connectivity index (χ0) is 21.6. The highest BCUT2D eigenvalue weighted by atomic mass is 16.5. The van der Waals surface area contributed by atoms with Crippen molar-refractivity contribution >= 4 is 5.91 Å². The smallest absolute Gasteiger partial charge is 0.247 e. The summed E-state index contributed by atoms with van der Waals surface area (Å²) >= 11 is 0. The molecule has 0 spiro atoms. The highest BCUT2D eigenvalue weighted by molar-refractivity contribution is 5.94. The van der Waals surface area contributed by atoms with Crippen molar-refractivity contribution in [2.45, 2.75) is 70.4 Å². The number of hydrogen-bond acceptors (Lipinski definition) is 5. The van der Waals surface area contributed by atoms with Crippen LogP contribution >= 0.6 is 0 Å². The molecule has 2 aliphatic rings. The van der Waals surface area contributed by atoms with Crippen LogP contribution in [0.4, 0.5) is 0 Å². The summed E-state index contributed by atoms with van der Waals surface area (Å²) in [7, 11) is 0. The molecule has 0 saturated carbocycles. The molecule has 0 bridgehead atoms. The average Bonchev–Trinajstić information content (AvgIpc) is 2.63. The third-order valence-electron chi connectivity index (χ3n) is 6.23. The molecule has 1 aliphatic carbocycles. The minimum Gasteiger partial charge on any atom is -0.508 e. The van der Waals surface area contributed by atoms with E-state index < -0.39 is 11.6 Å². The Morgan fingerprint density at radius 3 is 2.52 bits per heavy atom. The summed E-state index contributed by atoms with van der Waals surface area (Å²) in [4.78, 5) is 12.6. The van der Waals surface area contributed by atoms with Crippen LogP contribution in [0.1, 0.15) is 64.5 Å². The maximum absolute atomic E-state index is 12.6. The summed E-state index contributed by atoms with van der Waals surface area (Å²) in [6.45, 7) is 9.76. The quantitative estimate of drug-likeness (QED) is 0.620.